The summed E-state index contributed by atoms with van der Waals surface area (Å²) in [6, 6.07) is 2.97. The van der Waals surface area contributed by atoms with Gasteiger partial charge in [0.25, 0.3) is 5.91 Å². The number of thiazole rings is 1. The van der Waals surface area contributed by atoms with Crippen LogP contribution in [0.2, 0.25) is 0 Å². The average molecular weight is 324 g/mol. The van der Waals surface area contributed by atoms with E-state index in [1.807, 2.05) is 5.38 Å². The number of hydrogen-bond donors (Lipinski definition) is 2. The number of amides is 1. The number of hydrogen-bond acceptors (Lipinski definition) is 5. The molecule has 2 rings (SSSR count). The highest BCUT2D eigenvalue weighted by molar-refractivity contribution is 7.15. The molecule has 7 heteroatoms. The number of carbonyl (C=O) groups is 2. The van der Waals surface area contributed by atoms with Gasteiger partial charge in [-0.25, -0.2) is 9.78 Å². The predicted molar refractivity (Wildman–Crippen MR) is 83.5 cm³/mol. The number of nitrogens with zero attached hydrogens (tertiary/aromatic N) is 1. The van der Waals surface area contributed by atoms with Gasteiger partial charge in [0.1, 0.15) is 4.88 Å². The molecule has 0 unspecified atom stereocenters. The number of carboxylic acids is 1. The third-order valence-electron chi connectivity index (χ3n) is 2.77. The molecule has 0 radical (unpaired) electrons. The first-order valence-electron chi connectivity index (χ1n) is 6.53. The maximum Gasteiger partial charge on any atom is 0.345 e. The highest BCUT2D eigenvalue weighted by Crippen LogP contribution is 2.19. The maximum atomic E-state index is 11.9. The number of carboxylic acid groups (broad SMARTS) is 1. The Morgan fingerprint density at radius 3 is 2.62 bits per heavy atom. The standard InChI is InChI=1S/C14H16N2O3S2/c1-8(2)13-16-9(7-20-13)5-6-15-12(17)10-3-4-11(21-10)14(18)19/h3-4,7-8H,5-6H2,1-2H3,(H,15,17)(H,18,19). The summed E-state index contributed by atoms with van der Waals surface area (Å²) < 4.78 is 0. The molecule has 2 aromatic rings. The normalized spacial score (nSPS) is 10.8. The summed E-state index contributed by atoms with van der Waals surface area (Å²) in [6.07, 6.45) is 0.673. The summed E-state index contributed by atoms with van der Waals surface area (Å²) in [4.78, 5) is 27.7. The monoisotopic (exact) mass is 324 g/mol. The first-order chi connectivity index (χ1) is 9.97. The van der Waals surface area contributed by atoms with Crippen molar-refractivity contribution >= 4 is 34.6 Å². The van der Waals surface area contributed by atoms with E-state index in [0.29, 0.717) is 23.8 Å². The summed E-state index contributed by atoms with van der Waals surface area (Å²) in [5.74, 6) is -0.839. The number of nitrogens with one attached hydrogen (secondary N) is 1. The molecule has 0 saturated heterocycles. The average Bonchev–Trinajstić information content (AvgIpc) is 3.07. The molecule has 0 atom stereocenters. The van der Waals surface area contributed by atoms with E-state index in [1.165, 1.54) is 12.1 Å². The fourth-order valence-electron chi connectivity index (χ4n) is 1.67. The van der Waals surface area contributed by atoms with Crippen LogP contribution in [0.1, 0.15) is 49.8 Å². The minimum Gasteiger partial charge on any atom is -0.477 e. The first-order valence-corrected chi connectivity index (χ1v) is 8.22. The van der Waals surface area contributed by atoms with Gasteiger partial charge in [0, 0.05) is 24.3 Å². The first kappa shape index (κ1) is 15.7. The van der Waals surface area contributed by atoms with Crippen molar-refractivity contribution in [1.29, 1.82) is 0 Å². The van der Waals surface area contributed by atoms with E-state index in [-0.39, 0.29) is 10.8 Å². The lowest BCUT2D eigenvalue weighted by Gasteiger charge is -2.02. The zero-order valence-corrected chi connectivity index (χ0v) is 13.4. The summed E-state index contributed by atoms with van der Waals surface area (Å²) >= 11 is 2.61. The van der Waals surface area contributed by atoms with Crippen LogP contribution in [-0.2, 0) is 6.42 Å². The Morgan fingerprint density at radius 1 is 1.33 bits per heavy atom. The highest BCUT2D eigenvalue weighted by Gasteiger charge is 2.12. The molecule has 0 aliphatic rings. The molecular formula is C14H16N2O3S2. The van der Waals surface area contributed by atoms with E-state index in [1.54, 1.807) is 11.3 Å². The predicted octanol–water partition coefficient (Wildman–Crippen LogP) is 3.00. The summed E-state index contributed by atoms with van der Waals surface area (Å²) in [5, 5.41) is 14.7. The Morgan fingerprint density at radius 2 is 2.05 bits per heavy atom. The zero-order valence-electron chi connectivity index (χ0n) is 11.8. The van der Waals surface area contributed by atoms with Crippen molar-refractivity contribution in [3.63, 3.8) is 0 Å². The molecular weight excluding hydrogens is 308 g/mol. The lowest BCUT2D eigenvalue weighted by Crippen LogP contribution is -2.24. The van der Waals surface area contributed by atoms with Crippen LogP contribution >= 0.6 is 22.7 Å². The minimum absolute atomic E-state index is 0.168. The van der Waals surface area contributed by atoms with Gasteiger partial charge >= 0.3 is 5.97 Å². The molecule has 0 bridgehead atoms. The van der Waals surface area contributed by atoms with Crippen LogP contribution < -0.4 is 5.32 Å². The molecule has 0 fully saturated rings. The van der Waals surface area contributed by atoms with Crippen molar-refractivity contribution in [1.82, 2.24) is 10.3 Å². The lowest BCUT2D eigenvalue weighted by molar-refractivity contribution is 0.0702. The van der Waals surface area contributed by atoms with Crippen molar-refractivity contribution < 1.29 is 14.7 Å². The molecule has 1 amide bonds. The van der Waals surface area contributed by atoms with Gasteiger partial charge in [-0.05, 0) is 12.1 Å². The van der Waals surface area contributed by atoms with Crippen molar-refractivity contribution in [2.75, 3.05) is 6.54 Å². The second-order valence-electron chi connectivity index (χ2n) is 4.81. The largest absolute Gasteiger partial charge is 0.477 e. The van der Waals surface area contributed by atoms with Crippen LogP contribution in [0.15, 0.2) is 17.5 Å². The van der Waals surface area contributed by atoms with Crippen LogP contribution in [0.3, 0.4) is 0 Å². The van der Waals surface area contributed by atoms with Gasteiger partial charge in [0.15, 0.2) is 0 Å². The second kappa shape index (κ2) is 6.82. The second-order valence-corrected chi connectivity index (χ2v) is 6.78. The van der Waals surface area contributed by atoms with E-state index in [0.717, 1.165) is 22.0 Å². The number of rotatable bonds is 6. The van der Waals surface area contributed by atoms with E-state index < -0.39 is 5.97 Å². The van der Waals surface area contributed by atoms with Crippen molar-refractivity contribution in [2.45, 2.75) is 26.2 Å². The summed E-state index contributed by atoms with van der Waals surface area (Å²) in [6.45, 7) is 4.68. The van der Waals surface area contributed by atoms with Gasteiger partial charge in [-0.15, -0.1) is 22.7 Å². The van der Waals surface area contributed by atoms with Crippen LogP contribution in [0.25, 0.3) is 0 Å². The van der Waals surface area contributed by atoms with E-state index in [9.17, 15) is 9.59 Å². The molecule has 0 spiro atoms. The van der Waals surface area contributed by atoms with Crippen LogP contribution in [0.4, 0.5) is 0 Å². The van der Waals surface area contributed by atoms with Crippen molar-refractivity contribution in [2.24, 2.45) is 0 Å². The fourth-order valence-corrected chi connectivity index (χ4v) is 3.30. The molecule has 112 valence electrons. The topological polar surface area (TPSA) is 79.3 Å². The Hall–Kier alpha value is -1.73. The van der Waals surface area contributed by atoms with E-state index >= 15 is 0 Å². The van der Waals surface area contributed by atoms with Gasteiger partial charge in [0.2, 0.25) is 0 Å². The Balaban J connectivity index is 1.84. The van der Waals surface area contributed by atoms with Crippen molar-refractivity contribution in [3.05, 3.63) is 38.0 Å². The molecule has 0 aliphatic heterocycles. The fraction of sp³-hybridized carbons (Fsp3) is 0.357. The zero-order chi connectivity index (χ0) is 15.4. The number of carbonyl (C=O) groups excluding carboxylic acids is 1. The highest BCUT2D eigenvalue weighted by atomic mass is 32.1. The quantitative estimate of drug-likeness (QED) is 0.856. The van der Waals surface area contributed by atoms with Gasteiger partial charge in [-0.1, -0.05) is 13.8 Å². The van der Waals surface area contributed by atoms with Gasteiger partial charge in [0.05, 0.1) is 15.6 Å². The van der Waals surface area contributed by atoms with E-state index in [4.69, 9.17) is 5.11 Å². The SMILES string of the molecule is CC(C)c1nc(CCNC(=O)c2ccc(C(=O)O)s2)cs1. The Bertz CT molecular complexity index is 646. The molecule has 0 saturated carbocycles. The van der Waals surface area contributed by atoms with Crippen LogP contribution in [0.5, 0.6) is 0 Å². The lowest BCUT2D eigenvalue weighted by atomic mass is 10.2. The maximum absolute atomic E-state index is 11.9. The number of aromatic nitrogens is 1. The van der Waals surface area contributed by atoms with Gasteiger partial charge in [-0.2, -0.15) is 0 Å². The minimum atomic E-state index is -1.01. The van der Waals surface area contributed by atoms with Crippen LogP contribution in [0, 0.1) is 0 Å². The Kier molecular flexibility index (Phi) is 5.08. The molecule has 0 aromatic carbocycles. The smallest absolute Gasteiger partial charge is 0.345 e. The molecule has 21 heavy (non-hydrogen) atoms. The van der Waals surface area contributed by atoms with E-state index in [2.05, 4.69) is 24.1 Å². The number of thiophene rings is 1. The molecule has 0 aliphatic carbocycles. The number of aromatic carboxylic acids is 1. The molecule has 2 heterocycles. The third-order valence-corrected chi connectivity index (χ3v) is 5.04. The van der Waals surface area contributed by atoms with Crippen LogP contribution in [-0.4, -0.2) is 28.5 Å². The van der Waals surface area contributed by atoms with Gasteiger partial charge < -0.3 is 10.4 Å². The molecule has 5 nitrogen and oxygen atoms in total. The summed E-state index contributed by atoms with van der Waals surface area (Å²) in [5.41, 5.74) is 0.974. The van der Waals surface area contributed by atoms with Crippen molar-refractivity contribution in [3.8, 4) is 0 Å². The Labute approximate surface area is 130 Å². The summed E-state index contributed by atoms with van der Waals surface area (Å²) in [7, 11) is 0. The third kappa shape index (κ3) is 4.12. The molecule has 2 aromatic heterocycles. The van der Waals surface area contributed by atoms with Gasteiger partial charge in [-0.3, -0.25) is 4.79 Å². The molecule has 2 N–H and O–H groups in total.